The topological polar surface area (TPSA) is 56.5 Å². The Morgan fingerprint density at radius 2 is 1.88 bits per heavy atom. The second-order valence-electron chi connectivity index (χ2n) is 5.99. The van der Waals surface area contributed by atoms with Crippen molar-refractivity contribution in [2.24, 2.45) is 0 Å². The van der Waals surface area contributed by atoms with E-state index in [4.69, 9.17) is 9.15 Å². The Labute approximate surface area is 143 Å². The van der Waals surface area contributed by atoms with E-state index in [2.05, 4.69) is 0 Å². The van der Waals surface area contributed by atoms with E-state index in [1.165, 1.54) is 18.2 Å². The molecule has 5 heteroatoms. The van der Waals surface area contributed by atoms with Crippen LogP contribution >= 0.6 is 0 Å². The van der Waals surface area contributed by atoms with Crippen LogP contribution in [-0.4, -0.2) is 5.97 Å². The number of fused-ring (bicyclic) bond motifs is 1. The van der Waals surface area contributed by atoms with E-state index in [-0.39, 0.29) is 13.0 Å². The first-order chi connectivity index (χ1) is 11.9. The van der Waals surface area contributed by atoms with Crippen molar-refractivity contribution in [3.05, 3.63) is 81.0 Å². The van der Waals surface area contributed by atoms with Gasteiger partial charge in [-0.25, -0.2) is 9.18 Å². The Hall–Kier alpha value is -2.95. The zero-order chi connectivity index (χ0) is 18.0. The van der Waals surface area contributed by atoms with Crippen LogP contribution in [0.4, 0.5) is 4.39 Å². The van der Waals surface area contributed by atoms with Gasteiger partial charge < -0.3 is 9.15 Å². The van der Waals surface area contributed by atoms with Gasteiger partial charge in [-0.05, 0) is 54.8 Å². The third-order valence-corrected chi connectivity index (χ3v) is 4.07. The van der Waals surface area contributed by atoms with Gasteiger partial charge in [0.2, 0.25) is 0 Å². The van der Waals surface area contributed by atoms with E-state index >= 15 is 0 Å². The van der Waals surface area contributed by atoms with Crippen LogP contribution in [0.25, 0.3) is 11.0 Å². The monoisotopic (exact) mass is 340 g/mol. The molecule has 0 aliphatic carbocycles. The first kappa shape index (κ1) is 16.9. The molecule has 1 aromatic heterocycles. The molecule has 0 bridgehead atoms. The molecule has 0 unspecified atom stereocenters. The van der Waals surface area contributed by atoms with E-state index in [1.54, 1.807) is 18.2 Å². The van der Waals surface area contributed by atoms with Crippen LogP contribution < -0.4 is 5.63 Å². The summed E-state index contributed by atoms with van der Waals surface area (Å²) in [6.07, 6.45) is -0.0325. The number of carbonyl (C=O) groups excluding carboxylic acids is 1. The fourth-order valence-corrected chi connectivity index (χ4v) is 2.63. The van der Waals surface area contributed by atoms with Crippen LogP contribution in [0.15, 0.2) is 51.7 Å². The Morgan fingerprint density at radius 1 is 1.12 bits per heavy atom. The van der Waals surface area contributed by atoms with Gasteiger partial charge in [0.05, 0.1) is 6.42 Å². The highest BCUT2D eigenvalue weighted by atomic mass is 19.1. The lowest BCUT2D eigenvalue weighted by molar-refractivity contribution is -0.144. The van der Waals surface area contributed by atoms with Gasteiger partial charge in [-0.3, -0.25) is 4.79 Å². The van der Waals surface area contributed by atoms with Gasteiger partial charge >= 0.3 is 11.6 Å². The zero-order valence-electron chi connectivity index (χ0n) is 14.0. The molecule has 0 saturated heterocycles. The zero-order valence-corrected chi connectivity index (χ0v) is 14.0. The molecule has 0 spiro atoms. The Bertz CT molecular complexity index is 1000. The molecule has 128 valence electrons. The number of rotatable bonds is 4. The van der Waals surface area contributed by atoms with Crippen molar-refractivity contribution in [3.63, 3.8) is 0 Å². The minimum absolute atomic E-state index is 0.0325. The number of hydrogen-bond donors (Lipinski definition) is 0. The number of carbonyl (C=O) groups is 1. The maximum absolute atomic E-state index is 13.2. The molecule has 0 radical (unpaired) electrons. The highest BCUT2D eigenvalue weighted by Gasteiger charge is 2.11. The summed E-state index contributed by atoms with van der Waals surface area (Å²) in [7, 11) is 0. The van der Waals surface area contributed by atoms with Gasteiger partial charge in [0.1, 0.15) is 18.0 Å². The van der Waals surface area contributed by atoms with Gasteiger partial charge in [-0.1, -0.05) is 12.1 Å². The Balaban J connectivity index is 1.80. The number of aryl methyl sites for hydroxylation is 2. The van der Waals surface area contributed by atoms with Gasteiger partial charge in [0, 0.05) is 17.0 Å². The predicted octanol–water partition coefficient (Wildman–Crippen LogP) is 3.83. The Morgan fingerprint density at radius 3 is 2.64 bits per heavy atom. The molecule has 0 saturated carbocycles. The average molecular weight is 340 g/mol. The molecule has 0 atom stereocenters. The van der Waals surface area contributed by atoms with E-state index in [0.29, 0.717) is 16.7 Å². The number of esters is 1. The Kier molecular flexibility index (Phi) is 4.65. The largest absolute Gasteiger partial charge is 0.461 e. The predicted molar refractivity (Wildman–Crippen MR) is 91.9 cm³/mol. The molecule has 3 aromatic rings. The average Bonchev–Trinajstić information content (AvgIpc) is 2.54. The van der Waals surface area contributed by atoms with Gasteiger partial charge in [0.15, 0.2) is 0 Å². The first-order valence-electron chi connectivity index (χ1n) is 7.86. The second kappa shape index (κ2) is 6.89. The summed E-state index contributed by atoms with van der Waals surface area (Å²) in [5.41, 5.74) is 3.15. The minimum atomic E-state index is -0.494. The highest BCUT2D eigenvalue weighted by molar-refractivity contribution is 5.82. The van der Waals surface area contributed by atoms with Crippen molar-refractivity contribution < 1.29 is 18.3 Å². The smallest absolute Gasteiger partial charge is 0.336 e. The number of hydrogen-bond acceptors (Lipinski definition) is 4. The molecule has 4 nitrogen and oxygen atoms in total. The fourth-order valence-electron chi connectivity index (χ4n) is 2.63. The fraction of sp³-hybridized carbons (Fsp3) is 0.200. The molecule has 0 aliphatic rings. The first-order valence-corrected chi connectivity index (χ1v) is 7.86. The summed E-state index contributed by atoms with van der Waals surface area (Å²) < 4.78 is 23.6. The van der Waals surface area contributed by atoms with E-state index in [9.17, 15) is 14.0 Å². The molecular weight excluding hydrogens is 323 g/mol. The van der Waals surface area contributed by atoms with E-state index in [1.807, 2.05) is 19.9 Å². The summed E-state index contributed by atoms with van der Waals surface area (Å²) in [6, 6.07) is 10.8. The number of benzene rings is 2. The molecule has 3 rings (SSSR count). The summed E-state index contributed by atoms with van der Waals surface area (Å²) in [6.45, 7) is 3.85. The molecule has 0 amide bonds. The van der Waals surface area contributed by atoms with E-state index in [0.717, 1.165) is 16.5 Å². The van der Waals surface area contributed by atoms with Crippen molar-refractivity contribution in [2.45, 2.75) is 26.9 Å². The summed E-state index contributed by atoms with van der Waals surface area (Å²) in [5.74, 6) is -0.890. The van der Waals surface area contributed by atoms with Crippen LogP contribution in [0.3, 0.4) is 0 Å². The number of ether oxygens (including phenoxy) is 1. The molecule has 2 aromatic carbocycles. The maximum atomic E-state index is 13.2. The van der Waals surface area contributed by atoms with Gasteiger partial charge in [-0.2, -0.15) is 0 Å². The van der Waals surface area contributed by atoms with Crippen LogP contribution in [0.2, 0.25) is 0 Å². The van der Waals surface area contributed by atoms with Crippen molar-refractivity contribution in [3.8, 4) is 0 Å². The molecule has 25 heavy (non-hydrogen) atoms. The second-order valence-corrected chi connectivity index (χ2v) is 5.99. The lowest BCUT2D eigenvalue weighted by atomic mass is 10.0. The lowest BCUT2D eigenvalue weighted by Crippen LogP contribution is -2.10. The molecule has 1 heterocycles. The third kappa shape index (κ3) is 3.94. The SMILES string of the molecule is Cc1cc2oc(=O)cc(COC(=O)Cc3cccc(F)c3)c2cc1C. The van der Waals surface area contributed by atoms with Crippen LogP contribution in [0, 0.1) is 19.7 Å². The minimum Gasteiger partial charge on any atom is -0.461 e. The van der Waals surface area contributed by atoms with Crippen molar-refractivity contribution in [2.75, 3.05) is 0 Å². The molecule has 0 N–H and O–H groups in total. The summed E-state index contributed by atoms with van der Waals surface area (Å²) in [5, 5.41) is 0.737. The highest BCUT2D eigenvalue weighted by Crippen LogP contribution is 2.22. The molecule has 0 fully saturated rings. The van der Waals surface area contributed by atoms with Crippen LogP contribution in [0.5, 0.6) is 0 Å². The summed E-state index contributed by atoms with van der Waals surface area (Å²) in [4.78, 5) is 23.7. The lowest BCUT2D eigenvalue weighted by Gasteiger charge is -2.09. The summed E-state index contributed by atoms with van der Waals surface area (Å²) >= 11 is 0. The standard InChI is InChI=1S/C20H17FO4/c1-12-6-17-15(10-20(23)25-18(17)7-13(12)2)11-24-19(22)9-14-4-3-5-16(21)8-14/h3-8,10H,9,11H2,1-2H3. The maximum Gasteiger partial charge on any atom is 0.336 e. The molecular formula is C20H17FO4. The molecule has 0 aliphatic heterocycles. The van der Waals surface area contributed by atoms with Crippen molar-refractivity contribution in [1.82, 2.24) is 0 Å². The normalized spacial score (nSPS) is 10.8. The third-order valence-electron chi connectivity index (χ3n) is 4.07. The number of halogens is 1. The van der Waals surface area contributed by atoms with Crippen molar-refractivity contribution in [1.29, 1.82) is 0 Å². The van der Waals surface area contributed by atoms with Crippen LogP contribution in [0.1, 0.15) is 22.3 Å². The van der Waals surface area contributed by atoms with Gasteiger partial charge in [0.25, 0.3) is 0 Å². The van der Waals surface area contributed by atoms with Gasteiger partial charge in [-0.15, -0.1) is 0 Å². The van der Waals surface area contributed by atoms with E-state index < -0.39 is 17.4 Å². The van der Waals surface area contributed by atoms with Crippen molar-refractivity contribution >= 4 is 16.9 Å². The van der Waals surface area contributed by atoms with Crippen LogP contribution in [-0.2, 0) is 22.6 Å². The quantitative estimate of drug-likeness (QED) is 0.535.